The van der Waals surface area contributed by atoms with Crippen LogP contribution in [-0.2, 0) is 13.5 Å². The third kappa shape index (κ3) is 2.26. The second-order valence-electron chi connectivity index (χ2n) is 6.71. The number of rotatable bonds is 1. The Hall–Kier alpha value is -2.48. The van der Waals surface area contributed by atoms with Crippen LogP contribution in [0.4, 0.5) is 0 Å². The predicted molar refractivity (Wildman–Crippen MR) is 93.3 cm³/mol. The fourth-order valence-corrected chi connectivity index (χ4v) is 3.51. The van der Waals surface area contributed by atoms with E-state index in [-0.39, 0.29) is 0 Å². The second kappa shape index (κ2) is 5.02. The van der Waals surface area contributed by atoms with Gasteiger partial charge in [-0.25, -0.2) is 4.57 Å². The summed E-state index contributed by atoms with van der Waals surface area (Å²) in [6, 6.07) is 13.3. The van der Waals surface area contributed by atoms with Crippen molar-refractivity contribution in [3.63, 3.8) is 0 Å². The summed E-state index contributed by atoms with van der Waals surface area (Å²) in [7, 11) is 2.10. The topological polar surface area (TPSA) is 16.8 Å². The maximum atomic E-state index is 5.06. The van der Waals surface area contributed by atoms with Crippen LogP contribution in [0.3, 0.4) is 0 Å². The summed E-state index contributed by atoms with van der Waals surface area (Å²) < 4.78 is 2.17. The molecule has 3 aromatic rings. The Morgan fingerprint density at radius 1 is 0.870 bits per heavy atom. The molecule has 2 aromatic carbocycles. The molecule has 0 radical (unpaired) electrons. The van der Waals surface area contributed by atoms with Gasteiger partial charge in [-0.3, -0.25) is 0 Å². The second-order valence-corrected chi connectivity index (χ2v) is 6.71. The molecule has 4 rings (SSSR count). The van der Waals surface area contributed by atoms with Gasteiger partial charge in [0.25, 0.3) is 0 Å². The lowest BCUT2D eigenvalue weighted by molar-refractivity contribution is -0.663. The van der Waals surface area contributed by atoms with Crippen molar-refractivity contribution in [2.45, 2.75) is 27.2 Å². The van der Waals surface area contributed by atoms with Gasteiger partial charge in [0.15, 0.2) is 5.69 Å². The van der Waals surface area contributed by atoms with E-state index in [1.165, 1.54) is 38.9 Å². The Labute approximate surface area is 137 Å². The summed E-state index contributed by atoms with van der Waals surface area (Å²) in [6.45, 7) is 6.44. The van der Waals surface area contributed by atoms with Gasteiger partial charge in [-0.2, -0.15) is 0 Å². The highest BCUT2D eigenvalue weighted by Crippen LogP contribution is 2.36. The van der Waals surface area contributed by atoms with Gasteiger partial charge >= 0.3 is 5.82 Å². The summed E-state index contributed by atoms with van der Waals surface area (Å²) in [5, 5.41) is 0. The maximum Gasteiger partial charge on any atom is 0.331 e. The number of fused-ring (bicyclic) bond motifs is 3. The summed E-state index contributed by atoms with van der Waals surface area (Å²) in [4.78, 5) is 5.06. The lowest BCUT2D eigenvalue weighted by Crippen LogP contribution is -2.33. The fraction of sp³-hybridized carbons (Fsp3) is 0.238. The van der Waals surface area contributed by atoms with Crippen molar-refractivity contribution in [2.24, 2.45) is 7.05 Å². The van der Waals surface area contributed by atoms with Crippen LogP contribution in [0, 0.1) is 20.8 Å². The van der Waals surface area contributed by atoms with Gasteiger partial charge in [0.2, 0.25) is 0 Å². The van der Waals surface area contributed by atoms with E-state index in [1.807, 2.05) is 0 Å². The quantitative estimate of drug-likeness (QED) is 0.484. The first-order valence-electron chi connectivity index (χ1n) is 8.10. The number of aromatic nitrogens is 2. The normalized spacial score (nSPS) is 12.2. The minimum atomic E-state index is 0.986. The van der Waals surface area contributed by atoms with E-state index in [0.29, 0.717) is 0 Å². The first-order chi connectivity index (χ1) is 11.0. The van der Waals surface area contributed by atoms with Crippen LogP contribution >= 0.6 is 0 Å². The SMILES string of the molecule is Cc1ccc2c(c1)Cc1c[n+](C)c(-c3cc(C)ccc3C)nc1-2. The van der Waals surface area contributed by atoms with Crippen LogP contribution in [0.25, 0.3) is 22.6 Å². The van der Waals surface area contributed by atoms with Gasteiger partial charge in [0, 0.05) is 17.5 Å². The zero-order chi connectivity index (χ0) is 16.1. The Balaban J connectivity index is 1.94. The molecule has 1 aliphatic rings. The summed E-state index contributed by atoms with van der Waals surface area (Å²) in [5.41, 5.74) is 10.2. The molecule has 0 saturated heterocycles. The number of benzene rings is 2. The van der Waals surface area contributed by atoms with E-state index in [0.717, 1.165) is 17.9 Å². The molecule has 1 aromatic heterocycles. The molecule has 1 aliphatic carbocycles. The Bertz CT molecular complexity index is 939. The molecular formula is C21H21N2+. The van der Waals surface area contributed by atoms with Gasteiger partial charge < -0.3 is 0 Å². The average molecular weight is 301 g/mol. The predicted octanol–water partition coefficient (Wildman–Crippen LogP) is 4.07. The first kappa shape index (κ1) is 14.1. The highest BCUT2D eigenvalue weighted by molar-refractivity contribution is 5.74. The molecular weight excluding hydrogens is 280 g/mol. The van der Waals surface area contributed by atoms with E-state index in [2.05, 4.69) is 75.0 Å². The van der Waals surface area contributed by atoms with E-state index >= 15 is 0 Å². The van der Waals surface area contributed by atoms with Crippen molar-refractivity contribution in [3.8, 4) is 22.6 Å². The largest absolute Gasteiger partial charge is 0.331 e. The smallest absolute Gasteiger partial charge is 0.233 e. The molecule has 23 heavy (non-hydrogen) atoms. The summed E-state index contributed by atoms with van der Waals surface area (Å²) >= 11 is 0. The minimum Gasteiger partial charge on any atom is -0.233 e. The molecule has 0 atom stereocenters. The highest BCUT2D eigenvalue weighted by Gasteiger charge is 2.28. The number of hydrogen-bond acceptors (Lipinski definition) is 1. The first-order valence-corrected chi connectivity index (χ1v) is 8.10. The van der Waals surface area contributed by atoms with E-state index in [4.69, 9.17) is 4.98 Å². The van der Waals surface area contributed by atoms with Crippen LogP contribution < -0.4 is 4.57 Å². The van der Waals surface area contributed by atoms with Crippen molar-refractivity contribution < 1.29 is 4.57 Å². The van der Waals surface area contributed by atoms with E-state index in [9.17, 15) is 0 Å². The van der Waals surface area contributed by atoms with Crippen molar-refractivity contribution in [1.29, 1.82) is 0 Å². The third-order valence-corrected chi connectivity index (χ3v) is 4.74. The maximum absolute atomic E-state index is 5.06. The number of aryl methyl sites for hydroxylation is 4. The molecule has 2 heteroatoms. The van der Waals surface area contributed by atoms with Crippen LogP contribution in [-0.4, -0.2) is 4.98 Å². The molecule has 0 fully saturated rings. The molecule has 0 amide bonds. The molecule has 0 aliphatic heterocycles. The molecule has 0 N–H and O–H groups in total. The number of nitrogens with zero attached hydrogens (tertiary/aromatic N) is 2. The molecule has 2 nitrogen and oxygen atoms in total. The summed E-state index contributed by atoms with van der Waals surface area (Å²) in [5.74, 6) is 1.04. The third-order valence-electron chi connectivity index (χ3n) is 4.74. The molecule has 0 bridgehead atoms. The molecule has 0 unspecified atom stereocenters. The van der Waals surface area contributed by atoms with Gasteiger partial charge in [-0.15, -0.1) is 0 Å². The van der Waals surface area contributed by atoms with E-state index in [1.54, 1.807) is 0 Å². The van der Waals surface area contributed by atoms with Crippen LogP contribution in [0.5, 0.6) is 0 Å². The zero-order valence-corrected chi connectivity index (χ0v) is 14.1. The van der Waals surface area contributed by atoms with Crippen molar-refractivity contribution >= 4 is 0 Å². The van der Waals surface area contributed by atoms with Crippen molar-refractivity contribution in [1.82, 2.24) is 4.98 Å². The summed E-state index contributed by atoms with van der Waals surface area (Å²) in [6.07, 6.45) is 3.23. The molecule has 1 heterocycles. The Morgan fingerprint density at radius 3 is 2.43 bits per heavy atom. The van der Waals surface area contributed by atoms with Crippen LogP contribution in [0.1, 0.15) is 27.8 Å². The monoisotopic (exact) mass is 301 g/mol. The van der Waals surface area contributed by atoms with Gasteiger partial charge in [0.05, 0.1) is 18.8 Å². The fourth-order valence-electron chi connectivity index (χ4n) is 3.51. The number of hydrogen-bond donors (Lipinski definition) is 0. The standard InChI is InChI=1S/C21H21N2/c1-13-6-8-18-16(9-13)11-17-12-23(4)21(22-20(17)18)19-10-14(2)5-7-15(19)3/h5-10,12H,11H2,1-4H3/q+1. The molecule has 114 valence electrons. The van der Waals surface area contributed by atoms with E-state index < -0.39 is 0 Å². The van der Waals surface area contributed by atoms with Crippen LogP contribution in [0.2, 0.25) is 0 Å². The lowest BCUT2D eigenvalue weighted by atomic mass is 10.0. The average Bonchev–Trinajstić information content (AvgIpc) is 2.85. The van der Waals surface area contributed by atoms with Crippen molar-refractivity contribution in [2.75, 3.05) is 0 Å². The van der Waals surface area contributed by atoms with Gasteiger partial charge in [0.1, 0.15) is 0 Å². The molecule has 0 spiro atoms. The van der Waals surface area contributed by atoms with Gasteiger partial charge in [-0.05, 0) is 49.0 Å². The van der Waals surface area contributed by atoms with Crippen molar-refractivity contribution in [3.05, 3.63) is 70.4 Å². The lowest BCUT2D eigenvalue weighted by Gasteiger charge is -2.06. The minimum absolute atomic E-state index is 0.986. The Morgan fingerprint density at radius 2 is 1.61 bits per heavy atom. The van der Waals surface area contributed by atoms with Crippen LogP contribution in [0.15, 0.2) is 42.6 Å². The Kier molecular flexibility index (Phi) is 3.08. The zero-order valence-electron chi connectivity index (χ0n) is 14.1. The highest BCUT2D eigenvalue weighted by atomic mass is 15.0. The molecule has 0 saturated carbocycles. The van der Waals surface area contributed by atoms with Gasteiger partial charge in [-0.1, -0.05) is 35.4 Å².